The van der Waals surface area contributed by atoms with Gasteiger partial charge in [0.2, 0.25) is 0 Å². The molecule has 0 aliphatic carbocycles. The molecule has 0 saturated carbocycles. The molecule has 0 heterocycles. The van der Waals surface area contributed by atoms with Crippen molar-refractivity contribution in [2.24, 2.45) is 0 Å². The van der Waals surface area contributed by atoms with E-state index in [1.807, 2.05) is 44.1 Å². The molecule has 0 N–H and O–H groups in total. The van der Waals surface area contributed by atoms with Crippen LogP contribution in [0.1, 0.15) is 37.1 Å². The second kappa shape index (κ2) is 55.8. The summed E-state index contributed by atoms with van der Waals surface area (Å²) in [5.74, 6) is -0.126. The van der Waals surface area contributed by atoms with Gasteiger partial charge in [-0.3, -0.25) is 40.7 Å². The van der Waals surface area contributed by atoms with E-state index in [4.69, 9.17) is 28.8 Å². The van der Waals surface area contributed by atoms with Crippen LogP contribution in [-0.2, 0) is 63.5 Å². The fraction of sp³-hybridized carbons (Fsp3) is 0.286. The van der Waals surface area contributed by atoms with Crippen molar-refractivity contribution in [1.29, 1.82) is 0 Å². The normalized spacial score (nSPS) is 8.54. The molecule has 0 amide bonds. The number of nitrogens with zero attached hydrogens (tertiary/aromatic N) is 2. The van der Waals surface area contributed by atoms with Crippen molar-refractivity contribution in [3.8, 4) is 0 Å². The van der Waals surface area contributed by atoms with Crippen LogP contribution in [0.15, 0.2) is 54.6 Å². The van der Waals surface area contributed by atoms with Gasteiger partial charge in [0.25, 0.3) is 0 Å². The molecule has 0 aliphatic heterocycles. The number of benzene rings is 2. The fourth-order valence-corrected chi connectivity index (χ4v) is 2.12. The predicted octanol–water partition coefficient (Wildman–Crippen LogP) is 4.01. The van der Waals surface area contributed by atoms with Crippen LogP contribution in [0.2, 0.25) is 0 Å². The molecule has 8 nitrogen and oxygen atoms in total. The Bertz CT molecular complexity index is 675. The van der Waals surface area contributed by atoms with Crippen LogP contribution >= 0.6 is 0 Å². The van der Waals surface area contributed by atoms with Crippen molar-refractivity contribution in [3.63, 3.8) is 0 Å². The van der Waals surface area contributed by atoms with Gasteiger partial charge in [-0.05, 0) is 53.7 Å². The van der Waals surface area contributed by atoms with E-state index < -0.39 is 0 Å². The van der Waals surface area contributed by atoms with E-state index in [2.05, 4.69) is 90.9 Å². The van der Waals surface area contributed by atoms with Crippen molar-refractivity contribution in [3.05, 3.63) is 86.4 Å². The third-order valence-corrected chi connectivity index (χ3v) is 4.19. The average molecular weight is 625 g/mol. The van der Waals surface area contributed by atoms with E-state index in [9.17, 15) is 4.39 Å². The summed E-state index contributed by atoms with van der Waals surface area (Å²) in [7, 11) is 8.07. The summed E-state index contributed by atoms with van der Waals surface area (Å²) in [5.41, 5.74) is 2.12. The van der Waals surface area contributed by atoms with Crippen LogP contribution in [0.5, 0.6) is 0 Å². The van der Waals surface area contributed by atoms with Crippen molar-refractivity contribution >= 4 is 40.7 Å². The first-order valence-corrected chi connectivity index (χ1v) is 9.38. The molecule has 39 heavy (non-hydrogen) atoms. The van der Waals surface area contributed by atoms with E-state index in [0.717, 1.165) is 5.56 Å². The Kier molecular flexibility index (Phi) is 93.6. The monoisotopic (exact) mass is 624 g/mol. The van der Waals surface area contributed by atoms with Gasteiger partial charge >= 0.3 is 34.7 Å². The molecule has 2 aromatic carbocycles. The van der Waals surface area contributed by atoms with Crippen molar-refractivity contribution in [2.45, 2.75) is 25.9 Å². The summed E-state index contributed by atoms with van der Waals surface area (Å²) in [6, 6.07) is 18.0. The van der Waals surface area contributed by atoms with Gasteiger partial charge in [0.05, 0.1) is 0 Å². The van der Waals surface area contributed by atoms with Crippen LogP contribution in [0.25, 0.3) is 0 Å². The molecule has 0 fully saturated rings. The summed E-state index contributed by atoms with van der Waals surface area (Å²) in [4.78, 5) is 50.7. The van der Waals surface area contributed by atoms with E-state index in [0.29, 0.717) is 6.04 Å². The zero-order chi connectivity index (χ0) is 29.4. The molecule has 0 unspecified atom stereocenters. The Labute approximate surface area is 258 Å². The zero-order valence-electron chi connectivity index (χ0n) is 23.9. The van der Waals surface area contributed by atoms with Gasteiger partial charge in [-0.15, -0.1) is 0 Å². The van der Waals surface area contributed by atoms with Gasteiger partial charge in [0, 0.05) is 17.6 Å². The topological polar surface area (TPSA) is 109 Å². The Morgan fingerprint density at radius 3 is 1.10 bits per heavy atom. The molecule has 0 radical (unpaired) electrons. The summed E-state index contributed by atoms with van der Waals surface area (Å²) >= 11 is 0. The Balaban J connectivity index is -0.0000000362. The predicted molar refractivity (Wildman–Crippen MR) is 150 cm³/mol. The number of halogens is 1. The summed E-state index contributed by atoms with van der Waals surface area (Å²) in [5, 5.41) is 0. The molecule has 0 spiro atoms. The SMILES string of the molecule is C[C@H](c1ccccc1)N(C)C.C[C@H](c1ccccc1F)N(C)C.[CH-]=O.[CH-]=O.[CH-]=O.[CH-]=O.[CH-]=O.[CH-]=O.[CH3-].[CH3-].[Cr+4].[Cr+4]. The first kappa shape index (κ1) is 65.4. The Morgan fingerprint density at radius 2 is 0.821 bits per heavy atom. The molecular weight excluding hydrogens is 583 g/mol. The van der Waals surface area contributed by atoms with E-state index in [1.54, 1.807) is 6.07 Å². The smallest absolute Gasteiger partial charge is 0.545 e. The van der Waals surface area contributed by atoms with Crippen molar-refractivity contribution in [2.75, 3.05) is 28.2 Å². The van der Waals surface area contributed by atoms with Gasteiger partial charge < -0.3 is 53.4 Å². The first-order chi connectivity index (χ1) is 16.8. The number of carbonyl (C=O) groups excluding carboxylic acids is 6. The van der Waals surface area contributed by atoms with E-state index in [1.165, 1.54) is 11.6 Å². The van der Waals surface area contributed by atoms with Crippen LogP contribution < -0.4 is 0 Å². The molecule has 0 aromatic heterocycles. The molecule has 218 valence electrons. The van der Waals surface area contributed by atoms with Gasteiger partial charge in [-0.25, -0.2) is 4.39 Å². The van der Waals surface area contributed by atoms with E-state index in [-0.39, 0.29) is 61.4 Å². The molecule has 2 rings (SSSR count). The number of hydrogen-bond donors (Lipinski definition) is 0. The van der Waals surface area contributed by atoms with Crippen LogP contribution in [0.4, 0.5) is 4.39 Å². The Morgan fingerprint density at radius 1 is 0.538 bits per heavy atom. The first-order valence-electron chi connectivity index (χ1n) is 9.38. The molecule has 11 heteroatoms. The van der Waals surface area contributed by atoms with Crippen LogP contribution in [0, 0.1) is 20.7 Å². The standard InChI is InChI=1S/C10H14FN.C10H15N.6CHO.2CH3.2Cr/c1-8(12(2)3)9-6-4-5-7-10(9)11;1-9(11(2)3)10-7-5-4-6-8-10;6*1-2;;;;/h4-8H,1-3H3;4-9H,1-3H3;6*1H;2*1H3;;/q;;8*-1;2*+4/t8-;9-;;;;;;;;;;/m11........../s1. The number of rotatable bonds is 4. The maximum atomic E-state index is 13.2. The summed E-state index contributed by atoms with van der Waals surface area (Å²) in [6.45, 7) is 23.7. The van der Waals surface area contributed by atoms with Gasteiger partial charge in [0.15, 0.2) is 0 Å². The van der Waals surface area contributed by atoms with Crippen molar-refractivity contribution < 1.29 is 67.9 Å². The summed E-state index contributed by atoms with van der Waals surface area (Å²) < 4.78 is 13.2. The number of hydrogen-bond acceptors (Lipinski definition) is 8. The van der Waals surface area contributed by atoms with Gasteiger partial charge in [0.1, 0.15) is 5.82 Å². The largest absolute Gasteiger partial charge is 4.00 e. The second-order valence-corrected chi connectivity index (χ2v) is 6.21. The second-order valence-electron chi connectivity index (χ2n) is 6.21. The van der Waals surface area contributed by atoms with Gasteiger partial charge in [-0.2, -0.15) is 0 Å². The molecule has 0 saturated heterocycles. The molecule has 0 aliphatic rings. The van der Waals surface area contributed by atoms with Gasteiger partial charge in [-0.1, -0.05) is 48.5 Å². The molecule has 2 aromatic rings. The molecule has 0 bridgehead atoms. The molecule has 2 atom stereocenters. The Hall–Kier alpha value is -2.63. The van der Waals surface area contributed by atoms with Crippen LogP contribution in [0.3, 0.4) is 0 Å². The fourth-order valence-electron chi connectivity index (χ4n) is 2.12. The maximum Gasteiger partial charge on any atom is 4.00 e. The average Bonchev–Trinajstić information content (AvgIpc) is 2.95. The van der Waals surface area contributed by atoms with Crippen molar-refractivity contribution in [1.82, 2.24) is 9.80 Å². The molecular formula is C28H41Cr2FN2O6. The third kappa shape index (κ3) is 37.6. The quantitative estimate of drug-likeness (QED) is 0.371. The minimum Gasteiger partial charge on any atom is -0.545 e. The summed E-state index contributed by atoms with van der Waals surface area (Å²) in [6.07, 6.45) is 0. The zero-order valence-corrected chi connectivity index (χ0v) is 26.4. The van der Waals surface area contributed by atoms with E-state index >= 15 is 0 Å². The minimum absolute atomic E-state index is 0. The third-order valence-electron chi connectivity index (χ3n) is 4.19. The minimum atomic E-state index is -0.126. The van der Waals surface area contributed by atoms with Crippen LogP contribution in [-0.4, -0.2) is 78.7 Å². The maximum absolute atomic E-state index is 13.2.